The van der Waals surface area contributed by atoms with Crippen LogP contribution in [0.3, 0.4) is 0 Å². The van der Waals surface area contributed by atoms with E-state index in [2.05, 4.69) is 5.32 Å². The van der Waals surface area contributed by atoms with Gasteiger partial charge in [0.15, 0.2) is 6.19 Å². The van der Waals surface area contributed by atoms with Crippen molar-refractivity contribution in [2.45, 2.75) is 12.1 Å². The van der Waals surface area contributed by atoms with Crippen molar-refractivity contribution in [2.75, 3.05) is 18.4 Å². The maximum Gasteiger partial charge on any atom is 0.264 e. The van der Waals surface area contributed by atoms with Crippen LogP contribution in [0.5, 0.6) is 11.5 Å². The fourth-order valence-electron chi connectivity index (χ4n) is 2.55. The molecule has 1 atom stereocenters. The van der Waals surface area contributed by atoms with Crippen LogP contribution in [0.15, 0.2) is 54.6 Å². The number of hydrogen-bond acceptors (Lipinski definition) is 4. The van der Waals surface area contributed by atoms with Gasteiger partial charge in [0.05, 0.1) is 6.54 Å². The van der Waals surface area contributed by atoms with E-state index in [1.165, 1.54) is 4.90 Å². The van der Waals surface area contributed by atoms with Crippen LogP contribution in [0.4, 0.5) is 10.1 Å². The number of halogens is 1. The molecule has 24 heavy (non-hydrogen) atoms. The Bertz CT molecular complexity index is 775. The van der Waals surface area contributed by atoms with E-state index in [9.17, 15) is 9.18 Å². The number of amides is 1. The molecule has 1 fully saturated rings. The number of carbonyl (C=O) groups is 1. The largest absolute Gasteiger partial charge is 0.457 e. The summed E-state index contributed by atoms with van der Waals surface area (Å²) < 4.78 is 20.3. The lowest BCUT2D eigenvalue weighted by Gasteiger charge is -2.18. The van der Waals surface area contributed by atoms with E-state index in [1.807, 2.05) is 36.5 Å². The van der Waals surface area contributed by atoms with Crippen LogP contribution in [0.2, 0.25) is 0 Å². The molecule has 1 amide bonds. The molecule has 3 rings (SSSR count). The molecule has 1 saturated heterocycles. The van der Waals surface area contributed by atoms with Gasteiger partial charge in [0.1, 0.15) is 11.5 Å². The third-order valence-corrected chi connectivity index (χ3v) is 3.84. The first-order valence-corrected chi connectivity index (χ1v) is 7.57. The normalized spacial score (nSPS) is 19.6. The highest BCUT2D eigenvalue weighted by Crippen LogP contribution is 2.28. The van der Waals surface area contributed by atoms with E-state index in [-0.39, 0.29) is 19.5 Å². The molecule has 2 aromatic carbocycles. The summed E-state index contributed by atoms with van der Waals surface area (Å²) in [6, 6.07) is 16.0. The lowest BCUT2D eigenvalue weighted by Crippen LogP contribution is -2.40. The summed E-state index contributed by atoms with van der Waals surface area (Å²) in [7, 11) is 0. The van der Waals surface area contributed by atoms with Gasteiger partial charge in [-0.25, -0.2) is 4.39 Å². The number of anilines is 1. The van der Waals surface area contributed by atoms with E-state index in [1.54, 1.807) is 24.3 Å². The Kier molecular flexibility index (Phi) is 4.34. The Balaban J connectivity index is 1.69. The smallest absolute Gasteiger partial charge is 0.264 e. The van der Waals surface area contributed by atoms with Crippen LogP contribution in [-0.2, 0) is 4.79 Å². The van der Waals surface area contributed by atoms with Crippen molar-refractivity contribution in [3.05, 3.63) is 54.6 Å². The number of hydrogen-bond donors (Lipinski definition) is 1. The van der Waals surface area contributed by atoms with Crippen LogP contribution in [0, 0.1) is 11.5 Å². The molecule has 0 spiro atoms. The standard InChI is InChI=1S/C18H16FN3O2/c19-18(9-10-22(12-18)13-20)17(23)21-14-5-4-8-16(11-14)24-15-6-2-1-3-7-15/h1-8,11H,9-10,12H2,(H,21,23). The Labute approximate surface area is 139 Å². The minimum Gasteiger partial charge on any atom is -0.457 e. The number of nitrogens with zero attached hydrogens (tertiary/aromatic N) is 2. The van der Waals surface area contributed by atoms with E-state index >= 15 is 0 Å². The van der Waals surface area contributed by atoms with Gasteiger partial charge in [-0.2, -0.15) is 5.26 Å². The number of rotatable bonds is 4. The molecule has 5 nitrogen and oxygen atoms in total. The predicted molar refractivity (Wildman–Crippen MR) is 87.2 cm³/mol. The number of carbonyl (C=O) groups excluding carboxylic acids is 1. The van der Waals surface area contributed by atoms with Gasteiger partial charge in [0.2, 0.25) is 5.67 Å². The molecule has 0 saturated carbocycles. The van der Waals surface area contributed by atoms with Crippen LogP contribution in [0.25, 0.3) is 0 Å². The average molecular weight is 325 g/mol. The molecule has 1 heterocycles. The van der Waals surface area contributed by atoms with Crippen molar-refractivity contribution in [3.8, 4) is 17.7 Å². The molecule has 0 radical (unpaired) electrons. The van der Waals surface area contributed by atoms with Crippen LogP contribution >= 0.6 is 0 Å². The van der Waals surface area contributed by atoms with E-state index < -0.39 is 11.6 Å². The summed E-state index contributed by atoms with van der Waals surface area (Å²) >= 11 is 0. The average Bonchev–Trinajstić information content (AvgIpc) is 2.99. The third kappa shape index (κ3) is 3.46. The van der Waals surface area contributed by atoms with Gasteiger partial charge in [-0.1, -0.05) is 24.3 Å². The Morgan fingerprint density at radius 1 is 1.21 bits per heavy atom. The Hall–Kier alpha value is -3.07. The first kappa shape index (κ1) is 15.8. The highest BCUT2D eigenvalue weighted by atomic mass is 19.1. The van der Waals surface area contributed by atoms with Crippen LogP contribution in [0.1, 0.15) is 6.42 Å². The molecule has 0 bridgehead atoms. The van der Waals surface area contributed by atoms with Crippen molar-refractivity contribution in [1.82, 2.24) is 4.90 Å². The fourth-order valence-corrected chi connectivity index (χ4v) is 2.55. The molecule has 6 heteroatoms. The molecule has 1 unspecified atom stereocenters. The molecule has 1 N–H and O–H groups in total. The monoisotopic (exact) mass is 325 g/mol. The highest BCUT2D eigenvalue weighted by molar-refractivity contribution is 5.97. The Morgan fingerprint density at radius 3 is 2.67 bits per heavy atom. The number of benzene rings is 2. The van der Waals surface area contributed by atoms with Crippen LogP contribution < -0.4 is 10.1 Å². The quantitative estimate of drug-likeness (QED) is 0.876. The number of nitrogens with one attached hydrogen (secondary N) is 1. The number of nitriles is 1. The maximum absolute atomic E-state index is 14.6. The first-order valence-electron chi connectivity index (χ1n) is 7.57. The number of likely N-dealkylation sites (tertiary alicyclic amines) is 1. The van der Waals surface area contributed by atoms with E-state index in [4.69, 9.17) is 10.00 Å². The zero-order valence-corrected chi connectivity index (χ0v) is 12.9. The Morgan fingerprint density at radius 2 is 1.96 bits per heavy atom. The predicted octanol–water partition coefficient (Wildman–Crippen LogP) is 3.31. The van der Waals surface area contributed by atoms with Crippen molar-refractivity contribution in [3.63, 3.8) is 0 Å². The summed E-state index contributed by atoms with van der Waals surface area (Å²) in [5.74, 6) is 0.470. The van der Waals surface area contributed by atoms with Crippen molar-refractivity contribution in [1.29, 1.82) is 5.26 Å². The van der Waals surface area contributed by atoms with E-state index in [0.717, 1.165) is 0 Å². The summed E-state index contributed by atoms with van der Waals surface area (Å²) in [5.41, 5.74) is -1.60. The van der Waals surface area contributed by atoms with Gasteiger partial charge >= 0.3 is 0 Å². The molecule has 1 aliphatic heterocycles. The van der Waals surface area contributed by atoms with Gasteiger partial charge in [-0.05, 0) is 24.3 Å². The fraction of sp³-hybridized carbons (Fsp3) is 0.222. The van der Waals surface area contributed by atoms with Crippen molar-refractivity contribution >= 4 is 11.6 Å². The molecule has 122 valence electrons. The van der Waals surface area contributed by atoms with Gasteiger partial charge in [-0.3, -0.25) is 4.79 Å². The minimum absolute atomic E-state index is 0.00655. The van der Waals surface area contributed by atoms with E-state index in [0.29, 0.717) is 17.2 Å². The molecule has 2 aromatic rings. The second-order valence-electron chi connectivity index (χ2n) is 5.63. The highest BCUT2D eigenvalue weighted by Gasteiger charge is 2.45. The summed E-state index contributed by atoms with van der Waals surface area (Å²) in [4.78, 5) is 13.4. The van der Waals surface area contributed by atoms with Crippen molar-refractivity contribution in [2.24, 2.45) is 0 Å². The number of ether oxygens (including phenoxy) is 1. The zero-order valence-electron chi connectivity index (χ0n) is 12.9. The van der Waals surface area contributed by atoms with Crippen molar-refractivity contribution < 1.29 is 13.9 Å². The maximum atomic E-state index is 14.6. The molecule has 0 aliphatic carbocycles. The summed E-state index contributed by atoms with van der Waals surface area (Å²) in [6.07, 6.45) is 1.87. The SMILES string of the molecule is N#CN1CCC(F)(C(=O)Nc2cccc(Oc3ccccc3)c2)C1. The lowest BCUT2D eigenvalue weighted by atomic mass is 10.0. The van der Waals surface area contributed by atoms with Gasteiger partial charge in [0.25, 0.3) is 5.91 Å². The van der Waals surface area contributed by atoms with Gasteiger partial charge in [0, 0.05) is 24.7 Å². The van der Waals surface area contributed by atoms with Gasteiger partial charge < -0.3 is 15.0 Å². The molecular weight excluding hydrogens is 309 g/mol. The summed E-state index contributed by atoms with van der Waals surface area (Å²) in [6.45, 7) is 0.0348. The minimum atomic E-state index is -2.05. The lowest BCUT2D eigenvalue weighted by molar-refractivity contribution is -0.126. The van der Waals surface area contributed by atoms with Gasteiger partial charge in [-0.15, -0.1) is 0 Å². The topological polar surface area (TPSA) is 65.4 Å². The molecular formula is C18H16FN3O2. The number of alkyl halides is 1. The number of para-hydroxylation sites is 1. The van der Waals surface area contributed by atoms with Crippen LogP contribution in [-0.4, -0.2) is 29.6 Å². The second-order valence-corrected chi connectivity index (χ2v) is 5.63. The second kappa shape index (κ2) is 6.59. The summed E-state index contributed by atoms with van der Waals surface area (Å²) in [5, 5.41) is 11.4. The molecule has 1 aliphatic rings. The first-order chi connectivity index (χ1) is 11.6. The zero-order chi connectivity index (χ0) is 17.0. The third-order valence-electron chi connectivity index (χ3n) is 3.84. The molecule has 0 aromatic heterocycles.